The Hall–Kier alpha value is -2.54. The normalized spacial score (nSPS) is 48.9. The van der Waals surface area contributed by atoms with Crippen LogP contribution >= 0.6 is 0 Å². The van der Waals surface area contributed by atoms with E-state index in [1.54, 1.807) is 20.8 Å². The number of carbonyl (C=O) groups excluding carboxylic acids is 3. The molecule has 1 spiro atoms. The maximum atomic E-state index is 14.6. The van der Waals surface area contributed by atoms with Gasteiger partial charge in [-0.25, -0.2) is 4.18 Å². The molecule has 1 unspecified atom stereocenters. The van der Waals surface area contributed by atoms with E-state index in [1.165, 1.54) is 21.0 Å². The minimum atomic E-state index is -5.21. The van der Waals surface area contributed by atoms with Crippen LogP contribution in [0.2, 0.25) is 0 Å². The van der Waals surface area contributed by atoms with Crippen molar-refractivity contribution in [3.05, 3.63) is 11.6 Å². The van der Waals surface area contributed by atoms with Crippen molar-refractivity contribution in [2.75, 3.05) is 26.9 Å². The van der Waals surface area contributed by atoms with Gasteiger partial charge in [0.05, 0.1) is 38.1 Å². The summed E-state index contributed by atoms with van der Waals surface area (Å²) in [7, 11) is -4.03. The van der Waals surface area contributed by atoms with Crippen molar-refractivity contribution in [1.82, 2.24) is 0 Å². The maximum absolute atomic E-state index is 14.6. The van der Waals surface area contributed by atoms with Crippen LogP contribution in [0.15, 0.2) is 11.6 Å². The molecular weight excluding hydrogens is 1150 g/mol. The summed E-state index contributed by atoms with van der Waals surface area (Å²) in [6.07, 6.45) is -29.4. The lowest BCUT2D eigenvalue weighted by molar-refractivity contribution is -0.389. The highest BCUT2D eigenvalue weighted by atomic mass is 32.3. The monoisotopic (exact) mass is 1240 g/mol. The van der Waals surface area contributed by atoms with Gasteiger partial charge in [0, 0.05) is 26.4 Å². The number of fused-ring (bicyclic) bond motifs is 4. The van der Waals surface area contributed by atoms with E-state index in [-0.39, 0.29) is 30.5 Å². The van der Waals surface area contributed by atoms with E-state index in [1.807, 2.05) is 26.8 Å². The molecule has 4 aliphatic carbocycles. The molecule has 486 valence electrons. The van der Waals surface area contributed by atoms with Gasteiger partial charge >= 0.3 is 22.3 Å². The van der Waals surface area contributed by atoms with E-state index in [2.05, 4.69) is 6.92 Å². The number of ketones is 1. The van der Waals surface area contributed by atoms with E-state index in [0.29, 0.717) is 38.5 Å². The van der Waals surface area contributed by atoms with Gasteiger partial charge in [-0.15, -0.1) is 0 Å². The van der Waals surface area contributed by atoms with Crippen molar-refractivity contribution >= 4 is 28.1 Å². The average Bonchev–Trinajstić information content (AvgIpc) is 1.56. The van der Waals surface area contributed by atoms with Crippen LogP contribution in [0, 0.1) is 39.4 Å². The molecule has 29 heteroatoms. The third-order valence-electron chi connectivity index (χ3n) is 21.0. The summed E-state index contributed by atoms with van der Waals surface area (Å²) in [6, 6.07) is 0. The van der Waals surface area contributed by atoms with Crippen LogP contribution in [0.1, 0.15) is 114 Å². The van der Waals surface area contributed by atoms with E-state index in [4.69, 9.17) is 56.3 Å². The van der Waals surface area contributed by atoms with Gasteiger partial charge < -0.3 is 103 Å². The topological polar surface area (TPSA) is 419 Å². The first kappa shape index (κ1) is 66.9. The predicted octanol–water partition coefficient (Wildman–Crippen LogP) is -1.65. The van der Waals surface area contributed by atoms with Crippen LogP contribution in [-0.2, 0) is 81.1 Å². The Morgan fingerprint density at radius 1 is 0.706 bits per heavy atom. The number of allylic oxidation sites excluding steroid dienone is 1. The molecule has 28 atom stereocenters. The molecule has 8 fully saturated rings. The molecule has 0 aromatic heterocycles. The van der Waals surface area contributed by atoms with Gasteiger partial charge in [-0.3, -0.25) is 18.9 Å². The lowest BCUT2D eigenvalue weighted by Crippen LogP contribution is -2.67. The van der Waals surface area contributed by atoms with Gasteiger partial charge in [0.2, 0.25) is 0 Å². The SMILES string of the molecule is CO[C@@H]1[C@@H](O)[C@H](O[C@@H]2[C@@H](O)[C@H](O[C@H]3[C@H](O)[C@@H](O)[C@H](O[C@H]4[C@H](O[C@H]5CC[C@]6(C)C7=C[C@H](O)C89C(=O)O[C@@](C)(C(=O)CCC(C)(C)OC(C)=O)[C@H]8CC[C@@]9(C)[C@@H]7CC[C@H]6C5(C)C)OC[C@@H](OS(=O)(=O)O)[C@@H]4O)O[C@@H]3C)O[C@H](CO)[C@H]2O)O[C@H](CO)[C@H]1O. The van der Waals surface area contributed by atoms with Gasteiger partial charge in [-0.05, 0) is 101 Å². The van der Waals surface area contributed by atoms with Crippen molar-refractivity contribution in [2.45, 2.75) is 254 Å². The minimum absolute atomic E-state index is 0.0219. The van der Waals surface area contributed by atoms with E-state index >= 15 is 0 Å². The summed E-state index contributed by atoms with van der Waals surface area (Å²) in [5, 5.41) is 112. The van der Waals surface area contributed by atoms with Gasteiger partial charge in [0.1, 0.15) is 96.5 Å². The zero-order valence-electron chi connectivity index (χ0n) is 49.5. The van der Waals surface area contributed by atoms with Gasteiger partial charge in [-0.1, -0.05) is 39.3 Å². The molecule has 0 aromatic rings. The summed E-state index contributed by atoms with van der Waals surface area (Å²) in [4.78, 5) is 40.6. The third kappa shape index (κ3) is 11.5. The zero-order chi connectivity index (χ0) is 62.6. The second-order valence-electron chi connectivity index (χ2n) is 26.7. The molecule has 11 N–H and O–H groups in total. The molecule has 5 saturated heterocycles. The Bertz CT molecular complexity index is 2590. The fourth-order valence-corrected chi connectivity index (χ4v) is 17.1. The molecule has 9 rings (SSSR count). The molecule has 28 nitrogen and oxygen atoms in total. The highest BCUT2D eigenvalue weighted by molar-refractivity contribution is 7.80. The van der Waals surface area contributed by atoms with Crippen molar-refractivity contribution in [3.63, 3.8) is 0 Å². The Kier molecular flexibility index (Phi) is 19.1. The smallest absolute Gasteiger partial charge is 0.397 e. The van der Waals surface area contributed by atoms with Crippen LogP contribution in [-0.4, -0.2) is 249 Å². The molecule has 0 bridgehead atoms. The van der Waals surface area contributed by atoms with Gasteiger partial charge in [0.25, 0.3) is 0 Å². The fourth-order valence-electron chi connectivity index (χ4n) is 16.6. The zero-order valence-corrected chi connectivity index (χ0v) is 50.3. The van der Waals surface area contributed by atoms with E-state index < -0.39 is 210 Å². The highest BCUT2D eigenvalue weighted by Gasteiger charge is 2.80. The Morgan fingerprint density at radius 3 is 1.89 bits per heavy atom. The lowest BCUT2D eigenvalue weighted by Gasteiger charge is -2.64. The van der Waals surface area contributed by atoms with E-state index in [0.717, 1.165) is 5.57 Å². The van der Waals surface area contributed by atoms with Crippen LogP contribution in [0.25, 0.3) is 0 Å². The standard InChI is InChI=1S/C56H88O28S/c1-23-42(79-48-41(68)44(36(63)28(21-58)77-48)80-47-40(67)43(73-10)35(62)27(20-57)76-47)38(65)39(66)46(75-23)81-45-37(64)29(84-85(70,71)72)22-74-49(45)78-34-15-17-53(7)26-19-33(61)56-31(13-18-54(56,8)25(26)11-12-30(53)52(34,5)6)55(9,83-50(56)69)32(60)14-16-51(3,4)82-24(2)59/h19,23,25,27-31,33-49,57-58,61-68H,11-18,20-22H2,1-10H3,(H,70,71,72)/t23-,25-,27-,28-,29-,30+,31-,33+,34+,35-,36-,37+,38-,39-,40-,41-,42-,43+,44+,45-,46+,47+,48+,49+,53-,54+,55-,56?/m1/s1. The van der Waals surface area contributed by atoms with Crippen molar-refractivity contribution < 1.29 is 135 Å². The highest BCUT2D eigenvalue weighted by Crippen LogP contribution is 2.76. The number of rotatable bonds is 18. The summed E-state index contributed by atoms with van der Waals surface area (Å²) >= 11 is 0. The van der Waals surface area contributed by atoms with E-state index in [9.17, 15) is 78.4 Å². The number of cyclic esters (lactones) is 1. The molecule has 5 heterocycles. The molecular formula is C56H88O28S. The molecule has 0 amide bonds. The summed E-state index contributed by atoms with van der Waals surface area (Å²) < 4.78 is 103. The number of hydrogen-bond donors (Lipinski definition) is 11. The second-order valence-corrected chi connectivity index (χ2v) is 27.7. The van der Waals surface area contributed by atoms with Gasteiger partial charge in [0.15, 0.2) is 36.5 Å². The quantitative estimate of drug-likeness (QED) is 0.0317. The summed E-state index contributed by atoms with van der Waals surface area (Å²) in [5.74, 6) is -2.36. The fraction of sp³-hybridized carbons (Fsp3) is 0.911. The average molecular weight is 1240 g/mol. The number of carbonyl (C=O) groups is 3. The number of esters is 2. The molecule has 85 heavy (non-hydrogen) atoms. The number of ether oxygens (including phenoxy) is 11. The van der Waals surface area contributed by atoms with Crippen molar-refractivity contribution in [1.29, 1.82) is 0 Å². The predicted molar refractivity (Wildman–Crippen MR) is 284 cm³/mol. The number of aliphatic hydroxyl groups excluding tert-OH is 10. The molecule has 0 aromatic carbocycles. The van der Waals surface area contributed by atoms with Crippen molar-refractivity contribution in [3.8, 4) is 0 Å². The first-order valence-electron chi connectivity index (χ1n) is 29.3. The van der Waals surface area contributed by atoms with Crippen LogP contribution in [0.3, 0.4) is 0 Å². The number of aliphatic hydroxyl groups is 10. The Labute approximate surface area is 493 Å². The molecule has 0 radical (unpaired) electrons. The lowest BCUT2D eigenvalue weighted by atomic mass is 9.40. The van der Waals surface area contributed by atoms with Crippen LogP contribution < -0.4 is 0 Å². The Balaban J connectivity index is 0.904. The number of hydrogen-bond acceptors (Lipinski definition) is 27. The van der Waals surface area contributed by atoms with Gasteiger partial charge in [-0.2, -0.15) is 8.42 Å². The maximum Gasteiger partial charge on any atom is 0.397 e. The largest absolute Gasteiger partial charge is 0.460 e. The van der Waals surface area contributed by atoms with Crippen molar-refractivity contribution in [2.24, 2.45) is 39.4 Å². The Morgan fingerprint density at radius 2 is 1.29 bits per heavy atom. The second kappa shape index (κ2) is 24.3. The summed E-state index contributed by atoms with van der Waals surface area (Å²) in [5.41, 5.74) is -4.99. The third-order valence-corrected chi connectivity index (χ3v) is 21.5. The molecule has 5 aliphatic heterocycles. The summed E-state index contributed by atoms with van der Waals surface area (Å²) in [6.45, 7) is 13.7. The molecule has 9 aliphatic rings. The minimum Gasteiger partial charge on any atom is -0.460 e. The number of methoxy groups -OCH3 is 1. The van der Waals surface area contributed by atoms with Crippen LogP contribution in [0.5, 0.6) is 0 Å². The van der Waals surface area contributed by atoms with Crippen LogP contribution in [0.4, 0.5) is 0 Å². The molecule has 3 saturated carbocycles. The number of Topliss-reactive ketones (excluding diaryl/α,β-unsaturated/α-hetero) is 1. The first-order chi connectivity index (χ1) is 39.6. The first-order valence-corrected chi connectivity index (χ1v) is 30.7.